The maximum atomic E-state index is 11.8. The van der Waals surface area contributed by atoms with Crippen LogP contribution in [0.4, 0.5) is 0 Å². The first kappa shape index (κ1) is 20.0. The van der Waals surface area contributed by atoms with E-state index in [-0.39, 0.29) is 5.54 Å². The minimum atomic E-state index is -1.15. The Labute approximate surface area is 183 Å². The molecule has 0 aliphatic carbocycles. The fourth-order valence-electron chi connectivity index (χ4n) is 4.59. The summed E-state index contributed by atoms with van der Waals surface area (Å²) in [7, 11) is 0. The first-order chi connectivity index (χ1) is 14.9. The number of hydrogen-bond donors (Lipinski definition) is 1. The lowest BCUT2D eigenvalue weighted by Crippen LogP contribution is -2.40. The number of aryl methyl sites for hydroxylation is 1. The van der Waals surface area contributed by atoms with Gasteiger partial charge in [-0.1, -0.05) is 90.5 Å². The predicted molar refractivity (Wildman–Crippen MR) is 121 cm³/mol. The van der Waals surface area contributed by atoms with Crippen LogP contribution in [0.25, 0.3) is 0 Å². The minimum absolute atomic E-state index is 0.375. The Morgan fingerprint density at radius 1 is 0.839 bits per heavy atom. The number of nitrogens with zero attached hydrogens (tertiary/aromatic N) is 1. The van der Waals surface area contributed by atoms with Gasteiger partial charge < -0.3 is 14.6 Å². The number of hydrogen-bond acceptors (Lipinski definition) is 4. The molecule has 2 aliphatic rings. The van der Waals surface area contributed by atoms with Crippen LogP contribution < -0.4 is 0 Å². The van der Waals surface area contributed by atoms with Crippen LogP contribution in [0.1, 0.15) is 42.2 Å². The quantitative estimate of drug-likeness (QED) is 0.602. The smallest absolute Gasteiger partial charge is 0.224 e. The first-order valence-electron chi connectivity index (χ1n) is 10.7. The van der Waals surface area contributed by atoms with E-state index in [9.17, 15) is 5.11 Å². The Kier molecular flexibility index (Phi) is 4.54. The second-order valence-corrected chi connectivity index (χ2v) is 9.08. The van der Waals surface area contributed by atoms with Crippen LogP contribution in [0.15, 0.2) is 89.9 Å². The lowest BCUT2D eigenvalue weighted by atomic mass is 9.76. The highest BCUT2D eigenvalue weighted by atomic mass is 16.7. The highest BCUT2D eigenvalue weighted by Gasteiger charge is 2.80. The maximum Gasteiger partial charge on any atom is 0.224 e. The van der Waals surface area contributed by atoms with Gasteiger partial charge in [0.2, 0.25) is 11.5 Å². The molecule has 1 fully saturated rings. The third kappa shape index (κ3) is 3.01. The van der Waals surface area contributed by atoms with Gasteiger partial charge in [-0.3, -0.25) is 0 Å². The van der Waals surface area contributed by atoms with E-state index in [4.69, 9.17) is 14.5 Å². The predicted octanol–water partition coefficient (Wildman–Crippen LogP) is 4.95. The van der Waals surface area contributed by atoms with Gasteiger partial charge in [0.15, 0.2) is 5.60 Å². The van der Waals surface area contributed by atoms with Crippen molar-refractivity contribution in [3.63, 3.8) is 0 Å². The first-order valence-corrected chi connectivity index (χ1v) is 10.7. The molecule has 2 aliphatic heterocycles. The summed E-state index contributed by atoms with van der Waals surface area (Å²) < 4.78 is 12.8. The van der Waals surface area contributed by atoms with Crippen molar-refractivity contribution in [2.45, 2.75) is 43.6 Å². The fraction of sp³-hybridized carbons (Fsp3) is 0.296. The van der Waals surface area contributed by atoms with Crippen molar-refractivity contribution < 1.29 is 14.6 Å². The molecule has 0 spiro atoms. The summed E-state index contributed by atoms with van der Waals surface area (Å²) in [5.74, 6) is 0.457. The average Bonchev–Trinajstić information content (AvgIpc) is 3.38. The SMILES string of the molecule is Cc1ccc([C@H](O)[C@]2(C3=NC(C)(C)CO3)OC2(c2ccccc2)c2ccccc2)cc1. The lowest BCUT2D eigenvalue weighted by molar-refractivity contribution is 0.0958. The second kappa shape index (κ2) is 7.04. The molecule has 0 radical (unpaired) electrons. The van der Waals surface area contributed by atoms with Crippen molar-refractivity contribution in [3.8, 4) is 0 Å². The zero-order valence-electron chi connectivity index (χ0n) is 18.1. The van der Waals surface area contributed by atoms with E-state index in [1.807, 2.05) is 106 Å². The van der Waals surface area contributed by atoms with Crippen molar-refractivity contribution in [2.24, 2.45) is 4.99 Å². The topological polar surface area (TPSA) is 54.4 Å². The molecule has 158 valence electrons. The lowest BCUT2D eigenvalue weighted by Gasteiger charge is -2.25. The van der Waals surface area contributed by atoms with Crippen LogP contribution in [0, 0.1) is 6.92 Å². The molecule has 4 nitrogen and oxygen atoms in total. The van der Waals surface area contributed by atoms with E-state index in [0.29, 0.717) is 12.5 Å². The zero-order chi connectivity index (χ0) is 21.7. The van der Waals surface area contributed by atoms with E-state index < -0.39 is 17.3 Å². The molecule has 4 heteroatoms. The summed E-state index contributed by atoms with van der Waals surface area (Å²) in [6, 6.07) is 28.0. The molecule has 2 atom stereocenters. The maximum absolute atomic E-state index is 11.8. The Hall–Kier alpha value is -2.95. The number of aliphatic hydroxyl groups is 1. The number of epoxide rings is 1. The molecule has 0 amide bonds. The third-order valence-corrected chi connectivity index (χ3v) is 6.22. The van der Waals surface area contributed by atoms with Crippen LogP contribution in [-0.2, 0) is 15.1 Å². The van der Waals surface area contributed by atoms with Crippen molar-refractivity contribution >= 4 is 5.90 Å². The minimum Gasteiger partial charge on any atom is -0.476 e. The zero-order valence-corrected chi connectivity index (χ0v) is 18.1. The van der Waals surface area contributed by atoms with Gasteiger partial charge in [-0.05, 0) is 37.5 Å². The van der Waals surface area contributed by atoms with Crippen LogP contribution >= 0.6 is 0 Å². The number of aliphatic imine (C=N–C) groups is 1. The molecule has 0 aromatic heterocycles. The molecule has 5 rings (SSSR count). The van der Waals surface area contributed by atoms with Crippen LogP contribution in [0.2, 0.25) is 0 Å². The van der Waals surface area contributed by atoms with Gasteiger partial charge in [0.25, 0.3) is 0 Å². The number of benzene rings is 3. The van der Waals surface area contributed by atoms with Crippen molar-refractivity contribution in [1.82, 2.24) is 0 Å². The molecule has 2 heterocycles. The Balaban J connectivity index is 1.74. The van der Waals surface area contributed by atoms with Crippen molar-refractivity contribution in [3.05, 3.63) is 107 Å². The molecule has 31 heavy (non-hydrogen) atoms. The van der Waals surface area contributed by atoms with Gasteiger partial charge in [-0.15, -0.1) is 0 Å². The van der Waals surface area contributed by atoms with Crippen LogP contribution in [0.5, 0.6) is 0 Å². The Bertz CT molecular complexity index is 1070. The summed E-state index contributed by atoms with van der Waals surface area (Å²) in [4.78, 5) is 4.87. The monoisotopic (exact) mass is 413 g/mol. The molecule has 0 bridgehead atoms. The van der Waals surface area contributed by atoms with Crippen LogP contribution in [-0.4, -0.2) is 28.8 Å². The average molecular weight is 414 g/mol. The van der Waals surface area contributed by atoms with Gasteiger partial charge in [-0.25, -0.2) is 4.99 Å². The molecule has 3 aromatic carbocycles. The summed E-state index contributed by atoms with van der Waals surface area (Å²) in [6.07, 6.45) is -0.957. The Morgan fingerprint density at radius 3 is 1.87 bits per heavy atom. The second-order valence-electron chi connectivity index (χ2n) is 9.08. The summed E-state index contributed by atoms with van der Waals surface area (Å²) >= 11 is 0. The fourth-order valence-corrected chi connectivity index (χ4v) is 4.59. The molecule has 0 unspecified atom stereocenters. The highest BCUT2D eigenvalue weighted by Crippen LogP contribution is 2.66. The summed E-state index contributed by atoms with van der Waals surface area (Å²) in [5, 5.41) is 11.8. The summed E-state index contributed by atoms with van der Waals surface area (Å²) in [5.41, 5.74) is 1.40. The number of aliphatic hydroxyl groups excluding tert-OH is 1. The summed E-state index contributed by atoms with van der Waals surface area (Å²) in [6.45, 7) is 6.54. The van der Waals surface area contributed by atoms with Gasteiger partial charge >= 0.3 is 0 Å². The standard InChI is InChI=1S/C27H27NO3/c1-19-14-16-20(17-15-19)23(29)27(24-28-25(2,3)18-30-24)26(31-27,21-10-6-4-7-11-21)22-12-8-5-9-13-22/h4-17,23,29H,18H2,1-3H3/t23-,27+/m0/s1. The highest BCUT2D eigenvalue weighted by molar-refractivity contribution is 5.94. The molecule has 0 saturated carbocycles. The van der Waals surface area contributed by atoms with E-state index in [0.717, 1.165) is 22.3 Å². The van der Waals surface area contributed by atoms with E-state index in [1.165, 1.54) is 0 Å². The van der Waals surface area contributed by atoms with Gasteiger partial charge in [-0.2, -0.15) is 0 Å². The third-order valence-electron chi connectivity index (χ3n) is 6.22. The molecule has 1 N–H and O–H groups in total. The number of rotatable bonds is 5. The van der Waals surface area contributed by atoms with Gasteiger partial charge in [0.05, 0.1) is 5.54 Å². The molecule has 1 saturated heterocycles. The molecular weight excluding hydrogens is 386 g/mol. The van der Waals surface area contributed by atoms with Crippen molar-refractivity contribution in [2.75, 3.05) is 6.61 Å². The normalized spacial score (nSPS) is 24.2. The molecular formula is C27H27NO3. The van der Waals surface area contributed by atoms with Gasteiger partial charge in [0.1, 0.15) is 12.7 Å². The largest absolute Gasteiger partial charge is 0.476 e. The van der Waals surface area contributed by atoms with Crippen LogP contribution in [0.3, 0.4) is 0 Å². The van der Waals surface area contributed by atoms with E-state index >= 15 is 0 Å². The van der Waals surface area contributed by atoms with E-state index in [2.05, 4.69) is 0 Å². The van der Waals surface area contributed by atoms with Crippen molar-refractivity contribution in [1.29, 1.82) is 0 Å². The van der Waals surface area contributed by atoms with Gasteiger partial charge in [0, 0.05) is 0 Å². The molecule has 3 aromatic rings. The number of ether oxygens (including phenoxy) is 2. The Morgan fingerprint density at radius 2 is 1.39 bits per heavy atom. The van der Waals surface area contributed by atoms with E-state index in [1.54, 1.807) is 0 Å².